The maximum absolute atomic E-state index is 12.1. The predicted molar refractivity (Wildman–Crippen MR) is 72.0 cm³/mol. The van der Waals surface area contributed by atoms with Gasteiger partial charge in [-0.1, -0.05) is 12.5 Å². The monoisotopic (exact) mass is 248 g/mol. The number of aryl methyl sites for hydroxylation is 1. The molecule has 98 valence electrons. The predicted octanol–water partition coefficient (Wildman–Crippen LogP) is 2.08. The molecule has 0 radical (unpaired) electrons. The molecule has 1 aliphatic heterocycles. The van der Waals surface area contributed by atoms with E-state index in [0.29, 0.717) is 5.75 Å². The number of hydrogen-bond acceptors (Lipinski definition) is 3. The summed E-state index contributed by atoms with van der Waals surface area (Å²) in [5.41, 5.74) is 1.85. The van der Waals surface area contributed by atoms with E-state index in [0.717, 1.165) is 37.1 Å². The van der Waals surface area contributed by atoms with Crippen LogP contribution in [0.15, 0.2) is 18.2 Å². The molecule has 1 heterocycles. The van der Waals surface area contributed by atoms with Gasteiger partial charge in [-0.15, -0.1) is 0 Å². The molecule has 2 N–H and O–H groups in total. The molecular weight excluding hydrogens is 228 g/mol. The maximum Gasteiger partial charge on any atom is 0.241 e. The zero-order valence-electron chi connectivity index (χ0n) is 11.0. The minimum atomic E-state index is -0.0789. The average molecular weight is 248 g/mol. The van der Waals surface area contributed by atoms with Gasteiger partial charge in [0, 0.05) is 0 Å². The Morgan fingerprint density at radius 3 is 2.94 bits per heavy atom. The van der Waals surface area contributed by atoms with E-state index >= 15 is 0 Å². The Hall–Kier alpha value is -1.55. The molecule has 18 heavy (non-hydrogen) atoms. The van der Waals surface area contributed by atoms with Crippen LogP contribution in [-0.2, 0) is 4.79 Å². The summed E-state index contributed by atoms with van der Waals surface area (Å²) in [6, 6.07) is 5.69. The number of benzene rings is 1. The number of rotatable bonds is 3. The first kappa shape index (κ1) is 12.9. The lowest BCUT2D eigenvalue weighted by Crippen LogP contribution is -2.43. The van der Waals surface area contributed by atoms with E-state index in [2.05, 4.69) is 10.6 Å². The van der Waals surface area contributed by atoms with Crippen molar-refractivity contribution >= 4 is 11.6 Å². The minimum absolute atomic E-state index is 0.0249. The molecule has 0 aromatic heterocycles. The smallest absolute Gasteiger partial charge is 0.241 e. The summed E-state index contributed by atoms with van der Waals surface area (Å²) in [7, 11) is 1.61. The third kappa shape index (κ3) is 3.01. The van der Waals surface area contributed by atoms with E-state index in [9.17, 15) is 4.79 Å². The molecular formula is C14H20N2O2. The Balaban J connectivity index is 2.06. The number of carbonyl (C=O) groups is 1. The van der Waals surface area contributed by atoms with Crippen LogP contribution in [0, 0.1) is 6.92 Å². The van der Waals surface area contributed by atoms with Gasteiger partial charge in [0.1, 0.15) is 5.75 Å². The number of hydrogen-bond donors (Lipinski definition) is 2. The molecule has 4 nitrogen and oxygen atoms in total. The number of ether oxygens (including phenoxy) is 1. The van der Waals surface area contributed by atoms with Crippen molar-refractivity contribution in [3.05, 3.63) is 23.8 Å². The maximum atomic E-state index is 12.1. The fourth-order valence-corrected chi connectivity index (χ4v) is 2.20. The highest BCUT2D eigenvalue weighted by Gasteiger charge is 2.21. The normalized spacial score (nSPS) is 19.3. The van der Waals surface area contributed by atoms with E-state index in [1.54, 1.807) is 7.11 Å². The lowest BCUT2D eigenvalue weighted by Gasteiger charge is -2.23. The highest BCUT2D eigenvalue weighted by atomic mass is 16.5. The molecule has 0 bridgehead atoms. The van der Waals surface area contributed by atoms with Crippen LogP contribution in [-0.4, -0.2) is 25.6 Å². The van der Waals surface area contributed by atoms with E-state index in [4.69, 9.17) is 4.74 Å². The molecule has 0 spiro atoms. The molecule has 0 unspecified atom stereocenters. The van der Waals surface area contributed by atoms with Gasteiger partial charge >= 0.3 is 0 Å². The van der Waals surface area contributed by atoms with Crippen molar-refractivity contribution in [3.63, 3.8) is 0 Å². The van der Waals surface area contributed by atoms with E-state index < -0.39 is 0 Å². The van der Waals surface area contributed by atoms with Crippen molar-refractivity contribution in [2.75, 3.05) is 19.0 Å². The zero-order valence-corrected chi connectivity index (χ0v) is 11.0. The summed E-state index contributed by atoms with van der Waals surface area (Å²) in [6.45, 7) is 2.92. The van der Waals surface area contributed by atoms with Crippen molar-refractivity contribution < 1.29 is 9.53 Å². The van der Waals surface area contributed by atoms with Crippen LogP contribution in [0.4, 0.5) is 5.69 Å². The highest BCUT2D eigenvalue weighted by Crippen LogP contribution is 2.25. The van der Waals surface area contributed by atoms with E-state index in [1.807, 2.05) is 25.1 Å². The quantitative estimate of drug-likeness (QED) is 0.861. The summed E-state index contributed by atoms with van der Waals surface area (Å²) in [6.07, 6.45) is 3.16. The first-order chi connectivity index (χ1) is 8.70. The number of carbonyl (C=O) groups excluding carboxylic acids is 1. The third-order valence-electron chi connectivity index (χ3n) is 3.24. The molecule has 2 rings (SSSR count). The van der Waals surface area contributed by atoms with Crippen LogP contribution in [0.1, 0.15) is 24.8 Å². The molecule has 1 aromatic rings. The molecule has 1 aromatic carbocycles. The molecule has 0 aliphatic carbocycles. The van der Waals surface area contributed by atoms with Crippen molar-refractivity contribution in [1.82, 2.24) is 5.32 Å². The van der Waals surface area contributed by atoms with Gasteiger partial charge < -0.3 is 15.4 Å². The minimum Gasteiger partial charge on any atom is -0.495 e. The highest BCUT2D eigenvalue weighted by molar-refractivity contribution is 5.96. The second-order valence-corrected chi connectivity index (χ2v) is 4.70. The van der Waals surface area contributed by atoms with Gasteiger partial charge in [-0.05, 0) is 44.0 Å². The van der Waals surface area contributed by atoms with Crippen LogP contribution >= 0.6 is 0 Å². The number of amides is 1. The summed E-state index contributed by atoms with van der Waals surface area (Å²) < 4.78 is 5.28. The topological polar surface area (TPSA) is 50.4 Å². The van der Waals surface area contributed by atoms with E-state index in [-0.39, 0.29) is 11.9 Å². The van der Waals surface area contributed by atoms with Gasteiger partial charge in [-0.25, -0.2) is 0 Å². The lowest BCUT2D eigenvalue weighted by molar-refractivity contribution is -0.118. The van der Waals surface area contributed by atoms with Crippen LogP contribution < -0.4 is 15.4 Å². The summed E-state index contributed by atoms with van der Waals surface area (Å²) >= 11 is 0. The van der Waals surface area contributed by atoms with Crippen LogP contribution in [0.3, 0.4) is 0 Å². The largest absolute Gasteiger partial charge is 0.495 e. The summed E-state index contributed by atoms with van der Waals surface area (Å²) in [4.78, 5) is 12.1. The number of nitrogens with one attached hydrogen (secondary N) is 2. The van der Waals surface area contributed by atoms with Gasteiger partial charge in [-0.3, -0.25) is 4.79 Å². The number of piperidine rings is 1. The van der Waals surface area contributed by atoms with Crippen molar-refractivity contribution in [2.24, 2.45) is 0 Å². The average Bonchev–Trinajstić information content (AvgIpc) is 2.41. The molecule has 1 amide bonds. The molecule has 1 atom stereocenters. The molecule has 1 aliphatic rings. The van der Waals surface area contributed by atoms with Crippen LogP contribution in [0.5, 0.6) is 5.75 Å². The second kappa shape index (κ2) is 5.87. The Morgan fingerprint density at radius 2 is 2.28 bits per heavy atom. The Morgan fingerprint density at radius 1 is 1.44 bits per heavy atom. The molecule has 1 fully saturated rings. The van der Waals surface area contributed by atoms with Gasteiger partial charge in [0.15, 0.2) is 0 Å². The van der Waals surface area contributed by atoms with Gasteiger partial charge in [0.25, 0.3) is 0 Å². The Labute approximate surface area is 108 Å². The van der Waals surface area contributed by atoms with E-state index in [1.165, 1.54) is 0 Å². The first-order valence-corrected chi connectivity index (χ1v) is 6.39. The lowest BCUT2D eigenvalue weighted by atomic mass is 10.0. The Kier molecular flexibility index (Phi) is 4.20. The summed E-state index contributed by atoms with van der Waals surface area (Å²) in [5.74, 6) is 0.732. The number of methoxy groups -OCH3 is 1. The molecule has 4 heteroatoms. The fourth-order valence-electron chi connectivity index (χ4n) is 2.20. The van der Waals surface area contributed by atoms with Crippen molar-refractivity contribution in [3.8, 4) is 5.75 Å². The fraction of sp³-hybridized carbons (Fsp3) is 0.500. The first-order valence-electron chi connectivity index (χ1n) is 6.39. The van der Waals surface area contributed by atoms with Gasteiger partial charge in [0.05, 0.1) is 18.8 Å². The summed E-state index contributed by atoms with van der Waals surface area (Å²) in [5, 5.41) is 6.17. The zero-order chi connectivity index (χ0) is 13.0. The number of anilines is 1. The van der Waals surface area contributed by atoms with Crippen LogP contribution in [0.2, 0.25) is 0 Å². The Bertz CT molecular complexity index is 426. The standard InChI is InChI=1S/C14H20N2O2/c1-10-6-7-11(13(9-10)18-2)16-14(17)12-5-3-4-8-15-12/h6-7,9,12,15H,3-5,8H2,1-2H3,(H,16,17)/t12-/m0/s1. The van der Waals surface area contributed by atoms with Gasteiger partial charge in [0.2, 0.25) is 5.91 Å². The molecule has 1 saturated heterocycles. The third-order valence-corrected chi connectivity index (χ3v) is 3.24. The van der Waals surface area contributed by atoms with Crippen molar-refractivity contribution in [2.45, 2.75) is 32.2 Å². The van der Waals surface area contributed by atoms with Crippen LogP contribution in [0.25, 0.3) is 0 Å². The van der Waals surface area contributed by atoms with Gasteiger partial charge in [-0.2, -0.15) is 0 Å². The SMILES string of the molecule is COc1cc(C)ccc1NC(=O)[C@@H]1CCCCN1. The molecule has 0 saturated carbocycles. The van der Waals surface area contributed by atoms with Crippen molar-refractivity contribution in [1.29, 1.82) is 0 Å². The second-order valence-electron chi connectivity index (χ2n) is 4.70.